The number of ether oxygens (including phenoxy) is 1. The van der Waals surface area contributed by atoms with Crippen LogP contribution >= 0.6 is 11.6 Å². The second-order valence-electron chi connectivity index (χ2n) is 5.30. The molecule has 22 heavy (non-hydrogen) atoms. The van der Waals surface area contributed by atoms with Crippen LogP contribution in [0.5, 0.6) is 11.5 Å². The molecule has 0 bridgehead atoms. The fourth-order valence-corrected chi connectivity index (χ4v) is 2.74. The molecule has 2 rings (SSSR count). The maximum absolute atomic E-state index is 14.8. The van der Waals surface area contributed by atoms with Crippen LogP contribution in [0.2, 0.25) is 5.02 Å². The van der Waals surface area contributed by atoms with Crippen LogP contribution in [0.3, 0.4) is 0 Å². The summed E-state index contributed by atoms with van der Waals surface area (Å²) in [5.41, 5.74) is 6.68. The van der Waals surface area contributed by atoms with Gasteiger partial charge in [0.2, 0.25) is 0 Å². The summed E-state index contributed by atoms with van der Waals surface area (Å²) in [6.45, 7) is 4.12. The first-order valence-electron chi connectivity index (χ1n) is 7.54. The lowest BCUT2D eigenvalue weighted by Crippen LogP contribution is -2.21. The number of para-hydroxylation sites is 1. The Bertz CT molecular complexity index is 614. The average Bonchev–Trinajstić information content (AvgIpc) is 2.53. The van der Waals surface area contributed by atoms with Gasteiger partial charge in [-0.1, -0.05) is 62.6 Å². The van der Waals surface area contributed by atoms with Gasteiger partial charge in [0, 0.05) is 11.6 Å². The van der Waals surface area contributed by atoms with Crippen molar-refractivity contribution in [3.05, 3.63) is 58.9 Å². The summed E-state index contributed by atoms with van der Waals surface area (Å²) in [6, 6.07) is 11.9. The third-order valence-electron chi connectivity index (χ3n) is 3.96. The lowest BCUT2D eigenvalue weighted by atomic mass is 9.89. The predicted octanol–water partition coefficient (Wildman–Crippen LogP) is 5.71. The highest BCUT2D eigenvalue weighted by atomic mass is 35.5. The Morgan fingerprint density at radius 1 is 1.09 bits per heavy atom. The monoisotopic (exact) mass is 321 g/mol. The van der Waals surface area contributed by atoms with Gasteiger partial charge < -0.3 is 10.5 Å². The maximum Gasteiger partial charge on any atom is 0.181 e. The van der Waals surface area contributed by atoms with Crippen molar-refractivity contribution in [2.75, 3.05) is 0 Å². The first-order valence-corrected chi connectivity index (χ1v) is 7.92. The van der Waals surface area contributed by atoms with E-state index in [9.17, 15) is 4.39 Å². The van der Waals surface area contributed by atoms with Crippen LogP contribution in [0, 0.1) is 11.7 Å². The molecule has 2 N–H and O–H groups in total. The van der Waals surface area contributed by atoms with E-state index in [1.807, 2.05) is 18.2 Å². The molecule has 0 spiro atoms. The van der Waals surface area contributed by atoms with Crippen molar-refractivity contribution in [1.82, 2.24) is 0 Å². The third-order valence-corrected chi connectivity index (χ3v) is 4.26. The summed E-state index contributed by atoms with van der Waals surface area (Å²) < 4.78 is 20.4. The van der Waals surface area contributed by atoms with E-state index in [-0.39, 0.29) is 22.7 Å². The molecule has 1 atom stereocenters. The van der Waals surface area contributed by atoms with Crippen LogP contribution < -0.4 is 10.5 Å². The Hall–Kier alpha value is -1.58. The molecule has 0 aliphatic rings. The molecule has 2 nitrogen and oxygen atoms in total. The molecule has 0 aliphatic carbocycles. The number of benzene rings is 2. The number of halogens is 2. The second kappa shape index (κ2) is 7.61. The number of nitrogens with two attached hydrogens (primary N) is 1. The normalized spacial score (nSPS) is 12.5. The quantitative estimate of drug-likeness (QED) is 0.739. The van der Waals surface area contributed by atoms with Gasteiger partial charge >= 0.3 is 0 Å². The molecule has 4 heteroatoms. The summed E-state index contributed by atoms with van der Waals surface area (Å²) in [4.78, 5) is 0. The molecule has 0 aliphatic heterocycles. The zero-order chi connectivity index (χ0) is 16.1. The van der Waals surface area contributed by atoms with Crippen LogP contribution in [0.15, 0.2) is 42.5 Å². The van der Waals surface area contributed by atoms with Crippen molar-refractivity contribution in [3.63, 3.8) is 0 Å². The number of hydrogen-bond donors (Lipinski definition) is 1. The van der Waals surface area contributed by atoms with E-state index >= 15 is 0 Å². The van der Waals surface area contributed by atoms with Gasteiger partial charge in [0.05, 0.1) is 5.02 Å². The van der Waals surface area contributed by atoms with Gasteiger partial charge in [-0.25, -0.2) is 4.39 Å². The van der Waals surface area contributed by atoms with Crippen LogP contribution in [-0.2, 0) is 0 Å². The molecule has 0 unspecified atom stereocenters. The molecule has 0 radical (unpaired) electrons. The standard InChI is InChI=1S/C18H21ClFNO/c1-3-12(4-2)17(21)14-10-11-15(19)18(16(14)20)22-13-8-6-5-7-9-13/h5-12,17H,3-4,21H2,1-2H3/t17-/m1/s1. The van der Waals surface area contributed by atoms with E-state index in [0.717, 1.165) is 12.8 Å². The molecular weight excluding hydrogens is 301 g/mol. The molecule has 0 saturated heterocycles. The summed E-state index contributed by atoms with van der Waals surface area (Å²) in [5, 5.41) is 0.238. The van der Waals surface area contributed by atoms with E-state index < -0.39 is 5.82 Å². The lowest BCUT2D eigenvalue weighted by molar-refractivity contribution is 0.383. The fraction of sp³-hybridized carbons (Fsp3) is 0.333. The summed E-state index contributed by atoms with van der Waals surface area (Å²) in [5.74, 6) is 0.319. The summed E-state index contributed by atoms with van der Waals surface area (Å²) >= 11 is 6.10. The lowest BCUT2D eigenvalue weighted by Gasteiger charge is -2.23. The van der Waals surface area contributed by atoms with Gasteiger partial charge in [-0.3, -0.25) is 0 Å². The largest absolute Gasteiger partial charge is 0.453 e. The van der Waals surface area contributed by atoms with Crippen LogP contribution in [-0.4, -0.2) is 0 Å². The Morgan fingerprint density at radius 2 is 1.73 bits per heavy atom. The molecule has 0 heterocycles. The van der Waals surface area contributed by atoms with Crippen LogP contribution in [0.4, 0.5) is 4.39 Å². The molecule has 0 amide bonds. The Morgan fingerprint density at radius 3 is 2.32 bits per heavy atom. The number of rotatable bonds is 6. The zero-order valence-corrected chi connectivity index (χ0v) is 13.6. The summed E-state index contributed by atoms with van der Waals surface area (Å²) in [6.07, 6.45) is 1.79. The third kappa shape index (κ3) is 3.60. The summed E-state index contributed by atoms with van der Waals surface area (Å²) in [7, 11) is 0. The second-order valence-corrected chi connectivity index (χ2v) is 5.70. The van der Waals surface area contributed by atoms with Gasteiger partial charge in [-0.05, 0) is 24.1 Å². The average molecular weight is 322 g/mol. The van der Waals surface area contributed by atoms with Crippen LogP contribution in [0.25, 0.3) is 0 Å². The number of hydrogen-bond acceptors (Lipinski definition) is 2. The first-order chi connectivity index (χ1) is 10.6. The van der Waals surface area contributed by atoms with Crippen LogP contribution in [0.1, 0.15) is 38.3 Å². The Balaban J connectivity index is 2.37. The van der Waals surface area contributed by atoms with Gasteiger partial charge in [0.15, 0.2) is 11.6 Å². The van der Waals surface area contributed by atoms with Gasteiger partial charge in [-0.15, -0.1) is 0 Å². The highest BCUT2D eigenvalue weighted by Gasteiger charge is 2.23. The maximum atomic E-state index is 14.8. The zero-order valence-electron chi connectivity index (χ0n) is 12.9. The predicted molar refractivity (Wildman–Crippen MR) is 88.9 cm³/mol. The van der Waals surface area contributed by atoms with E-state index in [4.69, 9.17) is 22.1 Å². The molecule has 0 fully saturated rings. The van der Waals surface area contributed by atoms with Crippen molar-refractivity contribution >= 4 is 11.6 Å². The van der Waals surface area contributed by atoms with E-state index in [0.29, 0.717) is 11.3 Å². The molecule has 2 aromatic carbocycles. The van der Waals surface area contributed by atoms with E-state index in [1.54, 1.807) is 24.3 Å². The Labute approximate surface area is 136 Å². The SMILES string of the molecule is CCC(CC)[C@@H](N)c1ccc(Cl)c(Oc2ccccc2)c1F. The molecule has 0 aromatic heterocycles. The van der Waals surface area contributed by atoms with E-state index in [2.05, 4.69) is 13.8 Å². The fourth-order valence-electron chi connectivity index (χ4n) is 2.56. The van der Waals surface area contributed by atoms with Crippen molar-refractivity contribution in [3.8, 4) is 11.5 Å². The van der Waals surface area contributed by atoms with E-state index in [1.165, 1.54) is 0 Å². The highest BCUT2D eigenvalue weighted by Crippen LogP contribution is 2.37. The van der Waals surface area contributed by atoms with Crippen molar-refractivity contribution in [1.29, 1.82) is 0 Å². The minimum absolute atomic E-state index is 0.0340. The molecule has 0 saturated carbocycles. The highest BCUT2D eigenvalue weighted by molar-refractivity contribution is 6.32. The molecule has 2 aromatic rings. The van der Waals surface area contributed by atoms with Gasteiger partial charge in [0.1, 0.15) is 5.75 Å². The topological polar surface area (TPSA) is 35.2 Å². The van der Waals surface area contributed by atoms with Gasteiger partial charge in [0.25, 0.3) is 0 Å². The van der Waals surface area contributed by atoms with Crippen molar-refractivity contribution in [2.45, 2.75) is 32.7 Å². The Kier molecular flexibility index (Phi) is 5.81. The van der Waals surface area contributed by atoms with Gasteiger partial charge in [-0.2, -0.15) is 0 Å². The minimum Gasteiger partial charge on any atom is -0.453 e. The molecule has 118 valence electrons. The minimum atomic E-state index is -0.476. The molecular formula is C18H21ClFNO. The smallest absolute Gasteiger partial charge is 0.181 e. The van der Waals surface area contributed by atoms with Crippen molar-refractivity contribution in [2.24, 2.45) is 11.7 Å². The van der Waals surface area contributed by atoms with Crippen molar-refractivity contribution < 1.29 is 9.13 Å². The first kappa shape index (κ1) is 16.8.